The van der Waals surface area contributed by atoms with Crippen LogP contribution in [0.3, 0.4) is 0 Å². The van der Waals surface area contributed by atoms with Crippen LogP contribution in [-0.4, -0.2) is 39.3 Å². The summed E-state index contributed by atoms with van der Waals surface area (Å²) in [7, 11) is 0. The van der Waals surface area contributed by atoms with Crippen LogP contribution < -0.4 is 0 Å². The maximum absolute atomic E-state index is 13.3. The van der Waals surface area contributed by atoms with Gasteiger partial charge < -0.3 is 9.42 Å². The number of aromatic nitrogens is 3. The fraction of sp³-hybridized carbons (Fsp3) is 0.381. The molecule has 0 unspecified atom stereocenters. The number of nitrogens with zero attached hydrogens (tertiary/aromatic N) is 3. The van der Waals surface area contributed by atoms with E-state index in [-0.39, 0.29) is 29.3 Å². The Labute approximate surface area is 162 Å². The Morgan fingerprint density at radius 1 is 1.32 bits per heavy atom. The van der Waals surface area contributed by atoms with E-state index in [1.165, 1.54) is 12.1 Å². The molecule has 6 nitrogen and oxygen atoms in total. The van der Waals surface area contributed by atoms with E-state index in [2.05, 4.69) is 15.4 Å². The van der Waals surface area contributed by atoms with Gasteiger partial charge in [-0.25, -0.2) is 4.39 Å². The van der Waals surface area contributed by atoms with Gasteiger partial charge in [-0.2, -0.15) is 5.10 Å². The van der Waals surface area contributed by atoms with Crippen molar-refractivity contribution in [3.05, 3.63) is 59.5 Å². The molecule has 1 aliphatic rings. The van der Waals surface area contributed by atoms with E-state index < -0.39 is 0 Å². The van der Waals surface area contributed by atoms with Crippen LogP contribution >= 0.6 is 0 Å². The smallest absolute Gasteiger partial charge is 0.292 e. The van der Waals surface area contributed by atoms with Gasteiger partial charge in [0.2, 0.25) is 5.76 Å². The lowest BCUT2D eigenvalue weighted by Crippen LogP contribution is -2.39. The largest absolute Gasteiger partial charge is 0.351 e. The minimum Gasteiger partial charge on any atom is -0.351 e. The molecular weight excluding hydrogens is 359 g/mol. The van der Waals surface area contributed by atoms with E-state index in [1.807, 2.05) is 18.7 Å². The van der Waals surface area contributed by atoms with E-state index >= 15 is 0 Å². The third-order valence-corrected chi connectivity index (χ3v) is 5.27. The Kier molecular flexibility index (Phi) is 4.98. The predicted molar refractivity (Wildman–Crippen MR) is 102 cm³/mol. The van der Waals surface area contributed by atoms with E-state index in [4.69, 9.17) is 4.52 Å². The number of rotatable bonds is 4. The highest BCUT2D eigenvalue weighted by molar-refractivity contribution is 5.91. The Hall–Kier alpha value is -2.96. The molecule has 0 radical (unpaired) electrons. The summed E-state index contributed by atoms with van der Waals surface area (Å²) in [5.41, 5.74) is 3.61. The summed E-state index contributed by atoms with van der Waals surface area (Å²) in [6.07, 6.45) is 3.60. The molecule has 28 heavy (non-hydrogen) atoms. The number of piperidine rings is 1. The number of H-pyrrole nitrogens is 1. The molecular formula is C21H23FN4O2. The van der Waals surface area contributed by atoms with Gasteiger partial charge in [0.15, 0.2) is 0 Å². The van der Waals surface area contributed by atoms with Crippen LogP contribution in [0.4, 0.5) is 4.39 Å². The molecule has 1 saturated heterocycles. The number of hydrogen-bond acceptors (Lipinski definition) is 4. The second-order valence-electron chi connectivity index (χ2n) is 7.57. The molecule has 0 bridgehead atoms. The van der Waals surface area contributed by atoms with Crippen LogP contribution in [0.15, 0.2) is 41.1 Å². The van der Waals surface area contributed by atoms with Crippen molar-refractivity contribution < 1.29 is 13.7 Å². The normalized spacial score (nSPS) is 17.3. The molecule has 1 fully saturated rings. The van der Waals surface area contributed by atoms with Crippen molar-refractivity contribution in [3.8, 4) is 11.1 Å². The predicted octanol–water partition coefficient (Wildman–Crippen LogP) is 4.35. The molecule has 146 valence electrons. The van der Waals surface area contributed by atoms with E-state index in [9.17, 15) is 9.18 Å². The molecule has 1 amide bonds. The first-order valence-corrected chi connectivity index (χ1v) is 9.58. The van der Waals surface area contributed by atoms with Gasteiger partial charge >= 0.3 is 0 Å². The molecule has 7 heteroatoms. The Morgan fingerprint density at radius 2 is 2.11 bits per heavy atom. The van der Waals surface area contributed by atoms with Crippen LogP contribution in [0.2, 0.25) is 0 Å². The summed E-state index contributed by atoms with van der Waals surface area (Å²) in [6.45, 7) is 5.29. The molecule has 3 aromatic rings. The third kappa shape index (κ3) is 3.56. The lowest BCUT2D eigenvalue weighted by Gasteiger charge is -2.32. The summed E-state index contributed by atoms with van der Waals surface area (Å²) in [5.74, 6) is 0.228. The van der Waals surface area contributed by atoms with Crippen molar-refractivity contribution in [2.75, 3.05) is 13.1 Å². The minimum atomic E-state index is -0.268. The van der Waals surface area contributed by atoms with Crippen LogP contribution in [0.1, 0.15) is 60.5 Å². The highest BCUT2D eigenvalue weighted by Crippen LogP contribution is 2.33. The fourth-order valence-electron chi connectivity index (χ4n) is 3.68. The number of hydrogen-bond donors (Lipinski definition) is 1. The number of nitrogens with one attached hydrogen (secondary N) is 1. The number of halogens is 1. The van der Waals surface area contributed by atoms with Crippen LogP contribution in [0.5, 0.6) is 0 Å². The Morgan fingerprint density at radius 3 is 2.82 bits per heavy atom. The van der Waals surface area contributed by atoms with Crippen molar-refractivity contribution >= 4 is 5.91 Å². The summed E-state index contributed by atoms with van der Waals surface area (Å²) < 4.78 is 18.5. The van der Waals surface area contributed by atoms with Crippen molar-refractivity contribution in [3.63, 3.8) is 0 Å². The zero-order valence-electron chi connectivity index (χ0n) is 16.0. The van der Waals surface area contributed by atoms with Crippen LogP contribution in [0.25, 0.3) is 11.1 Å². The molecule has 0 aliphatic carbocycles. The van der Waals surface area contributed by atoms with Gasteiger partial charge in [0.1, 0.15) is 5.82 Å². The zero-order valence-corrected chi connectivity index (χ0v) is 16.0. The average Bonchev–Trinajstić information content (AvgIpc) is 3.38. The van der Waals surface area contributed by atoms with Crippen molar-refractivity contribution in [1.82, 2.24) is 20.3 Å². The van der Waals surface area contributed by atoms with Crippen molar-refractivity contribution in [1.29, 1.82) is 0 Å². The van der Waals surface area contributed by atoms with Crippen LogP contribution in [0, 0.1) is 5.82 Å². The minimum absolute atomic E-state index is 0.132. The number of amides is 1. The molecule has 1 N–H and O–H groups in total. The number of likely N-dealkylation sites (tertiary alicyclic amines) is 1. The van der Waals surface area contributed by atoms with E-state index in [1.54, 1.807) is 24.4 Å². The zero-order chi connectivity index (χ0) is 19.7. The van der Waals surface area contributed by atoms with Gasteiger partial charge in [-0.05, 0) is 36.5 Å². The second-order valence-corrected chi connectivity index (χ2v) is 7.57. The first-order chi connectivity index (χ1) is 13.5. The highest BCUT2D eigenvalue weighted by atomic mass is 19.1. The third-order valence-electron chi connectivity index (χ3n) is 5.27. The molecule has 2 aromatic heterocycles. The quantitative estimate of drug-likeness (QED) is 0.728. The topological polar surface area (TPSA) is 75.0 Å². The number of carbonyl (C=O) groups excluding carboxylic acids is 1. The summed E-state index contributed by atoms with van der Waals surface area (Å²) in [5, 5.41) is 11.3. The average molecular weight is 382 g/mol. The Bertz CT molecular complexity index is 961. The fourth-order valence-corrected chi connectivity index (χ4v) is 3.68. The van der Waals surface area contributed by atoms with Gasteiger partial charge in [0, 0.05) is 36.3 Å². The molecule has 0 saturated carbocycles. The first kappa shape index (κ1) is 18.4. The molecule has 4 rings (SSSR count). The molecule has 1 atom stereocenters. The van der Waals surface area contributed by atoms with E-state index in [0.717, 1.165) is 35.4 Å². The van der Waals surface area contributed by atoms with Gasteiger partial charge in [-0.3, -0.25) is 9.89 Å². The van der Waals surface area contributed by atoms with Gasteiger partial charge in [0.25, 0.3) is 5.91 Å². The number of carbonyl (C=O) groups is 1. The standard InChI is InChI=1S/C21H23FN4O2/c1-13(2)18-10-19(28-25-18)21(27)26-9-3-4-15(12-26)20-17(11-23-24-20)14-5-7-16(22)8-6-14/h5-8,10-11,13,15H,3-4,9,12H2,1-2H3,(H,23,24)/t15-/m0/s1. The maximum atomic E-state index is 13.3. The highest BCUT2D eigenvalue weighted by Gasteiger charge is 2.30. The molecule has 0 spiro atoms. The number of benzene rings is 1. The summed E-state index contributed by atoms with van der Waals surface area (Å²) in [4.78, 5) is 14.7. The maximum Gasteiger partial charge on any atom is 0.292 e. The molecule has 1 aliphatic heterocycles. The monoisotopic (exact) mass is 382 g/mol. The van der Waals surface area contributed by atoms with Gasteiger partial charge in [-0.15, -0.1) is 0 Å². The second kappa shape index (κ2) is 7.58. The van der Waals surface area contributed by atoms with Gasteiger partial charge in [0.05, 0.1) is 11.9 Å². The van der Waals surface area contributed by atoms with Crippen molar-refractivity contribution in [2.45, 2.75) is 38.5 Å². The summed E-state index contributed by atoms with van der Waals surface area (Å²) in [6, 6.07) is 8.11. The summed E-state index contributed by atoms with van der Waals surface area (Å²) >= 11 is 0. The van der Waals surface area contributed by atoms with Gasteiger partial charge in [-0.1, -0.05) is 31.1 Å². The first-order valence-electron chi connectivity index (χ1n) is 9.58. The Balaban J connectivity index is 1.54. The molecule has 3 heterocycles. The van der Waals surface area contributed by atoms with E-state index in [0.29, 0.717) is 13.1 Å². The lowest BCUT2D eigenvalue weighted by molar-refractivity contribution is 0.0664. The lowest BCUT2D eigenvalue weighted by atomic mass is 9.90. The van der Waals surface area contributed by atoms with Crippen LogP contribution in [-0.2, 0) is 0 Å². The SMILES string of the molecule is CC(C)c1cc(C(=O)N2CCC[C@H](c3[nH]ncc3-c3ccc(F)cc3)C2)on1. The van der Waals surface area contributed by atoms with Crippen molar-refractivity contribution in [2.24, 2.45) is 0 Å². The molecule has 1 aromatic carbocycles. The number of aromatic amines is 1.